The normalized spacial score (nSPS) is 12.1. The summed E-state index contributed by atoms with van der Waals surface area (Å²) in [6.07, 6.45) is 2.86. The summed E-state index contributed by atoms with van der Waals surface area (Å²) in [5.74, 6) is -2.36. The predicted molar refractivity (Wildman–Crippen MR) is 91.5 cm³/mol. The van der Waals surface area contributed by atoms with Crippen LogP contribution in [0.15, 0.2) is 12.2 Å². The number of amides is 2. The topological polar surface area (TPSA) is 98.7 Å². The van der Waals surface area contributed by atoms with E-state index in [4.69, 9.17) is 0 Å². The molecule has 0 aromatic carbocycles. The molecule has 0 saturated heterocycles. The number of unbranched alkanes of at least 4 members (excludes halogenated alkanes) is 2. The smallest absolute Gasteiger partial charge is 0.325 e. The van der Waals surface area contributed by atoms with E-state index in [-0.39, 0.29) is 29.1 Å². The van der Waals surface area contributed by atoms with Crippen molar-refractivity contribution in [2.24, 2.45) is 5.92 Å². The number of carbonyl (C=O) groups is 3. The van der Waals surface area contributed by atoms with Crippen LogP contribution in [0.3, 0.4) is 0 Å². The molecular formula is C15H26BrN3O4. The zero-order chi connectivity index (χ0) is 18.0. The van der Waals surface area contributed by atoms with Gasteiger partial charge in [-0.1, -0.05) is 56.1 Å². The number of aliphatic carboxylic acids is 1. The average Bonchev–Trinajstić information content (AvgIpc) is 2.45. The molecule has 0 unspecified atom stereocenters. The van der Waals surface area contributed by atoms with Gasteiger partial charge in [-0.05, 0) is 12.3 Å². The van der Waals surface area contributed by atoms with Crippen molar-refractivity contribution in [3.8, 4) is 0 Å². The van der Waals surface area contributed by atoms with E-state index in [0.717, 1.165) is 18.0 Å². The SMILES string of the molecule is C=C(CBr)C(=O)NN(NC(=O)CCCCC)[C@H](C(=O)O)C(C)C. The number of alkyl halides is 1. The fourth-order valence-corrected chi connectivity index (χ4v) is 2.09. The van der Waals surface area contributed by atoms with Gasteiger partial charge in [-0.2, -0.15) is 0 Å². The first-order valence-corrected chi connectivity index (χ1v) is 8.72. The van der Waals surface area contributed by atoms with Crippen molar-refractivity contribution >= 4 is 33.7 Å². The second-order valence-corrected chi connectivity index (χ2v) is 6.13. The van der Waals surface area contributed by atoms with E-state index in [0.29, 0.717) is 6.42 Å². The Morgan fingerprint density at radius 1 is 1.22 bits per heavy atom. The lowest BCUT2D eigenvalue weighted by Crippen LogP contribution is -2.61. The summed E-state index contributed by atoms with van der Waals surface area (Å²) in [6.45, 7) is 8.98. The summed E-state index contributed by atoms with van der Waals surface area (Å²) in [4.78, 5) is 35.4. The fraction of sp³-hybridized carbons (Fsp3) is 0.667. The van der Waals surface area contributed by atoms with Gasteiger partial charge in [-0.25, -0.2) is 0 Å². The first-order chi connectivity index (χ1) is 10.7. The third kappa shape index (κ3) is 8.13. The fourth-order valence-electron chi connectivity index (χ4n) is 1.84. The number of hydrogen-bond donors (Lipinski definition) is 3. The van der Waals surface area contributed by atoms with Crippen molar-refractivity contribution in [1.29, 1.82) is 0 Å². The Morgan fingerprint density at radius 2 is 1.83 bits per heavy atom. The number of halogens is 1. The monoisotopic (exact) mass is 391 g/mol. The van der Waals surface area contributed by atoms with Crippen molar-refractivity contribution in [1.82, 2.24) is 16.0 Å². The van der Waals surface area contributed by atoms with Gasteiger partial charge in [0.15, 0.2) is 0 Å². The van der Waals surface area contributed by atoms with Crippen LogP contribution in [0, 0.1) is 5.92 Å². The van der Waals surface area contributed by atoms with Crippen LogP contribution in [0.4, 0.5) is 0 Å². The number of carboxylic acid groups (broad SMARTS) is 1. The van der Waals surface area contributed by atoms with Gasteiger partial charge < -0.3 is 5.11 Å². The summed E-state index contributed by atoms with van der Waals surface area (Å²) in [7, 11) is 0. The van der Waals surface area contributed by atoms with Gasteiger partial charge in [0.2, 0.25) is 5.91 Å². The zero-order valence-corrected chi connectivity index (χ0v) is 15.5. The van der Waals surface area contributed by atoms with E-state index in [2.05, 4.69) is 33.4 Å². The van der Waals surface area contributed by atoms with E-state index in [1.807, 2.05) is 6.92 Å². The summed E-state index contributed by atoms with van der Waals surface area (Å²) < 4.78 is 0. The van der Waals surface area contributed by atoms with Crippen LogP contribution >= 0.6 is 15.9 Å². The molecule has 0 aliphatic carbocycles. The molecule has 2 amide bonds. The molecule has 0 rings (SSSR count). The number of hydrogen-bond acceptors (Lipinski definition) is 4. The Balaban J connectivity index is 5.05. The van der Waals surface area contributed by atoms with Crippen molar-refractivity contribution in [2.45, 2.75) is 52.5 Å². The molecule has 23 heavy (non-hydrogen) atoms. The number of nitrogens with one attached hydrogen (secondary N) is 2. The number of rotatable bonds is 11. The maximum Gasteiger partial charge on any atom is 0.325 e. The molecule has 0 saturated carbocycles. The van der Waals surface area contributed by atoms with E-state index in [1.165, 1.54) is 0 Å². The zero-order valence-electron chi connectivity index (χ0n) is 13.9. The van der Waals surface area contributed by atoms with Crippen molar-refractivity contribution in [2.75, 3.05) is 5.33 Å². The highest BCUT2D eigenvalue weighted by atomic mass is 79.9. The first kappa shape index (κ1) is 21.6. The van der Waals surface area contributed by atoms with Gasteiger partial charge in [0.05, 0.1) is 0 Å². The number of carboxylic acids is 1. The highest BCUT2D eigenvalue weighted by molar-refractivity contribution is 9.09. The van der Waals surface area contributed by atoms with Gasteiger partial charge in [-0.15, -0.1) is 5.12 Å². The molecule has 0 spiro atoms. The van der Waals surface area contributed by atoms with Gasteiger partial charge in [0.25, 0.3) is 5.91 Å². The number of carbonyl (C=O) groups excluding carboxylic acids is 2. The quantitative estimate of drug-likeness (QED) is 0.216. The van der Waals surface area contributed by atoms with Crippen LogP contribution in [-0.2, 0) is 14.4 Å². The van der Waals surface area contributed by atoms with Crippen LogP contribution in [0.25, 0.3) is 0 Å². The lowest BCUT2D eigenvalue weighted by molar-refractivity contribution is -0.153. The van der Waals surface area contributed by atoms with Crippen LogP contribution in [-0.4, -0.2) is 39.4 Å². The Bertz CT molecular complexity index is 440. The molecule has 0 aromatic rings. The summed E-state index contributed by atoms with van der Waals surface area (Å²) >= 11 is 3.11. The van der Waals surface area contributed by atoms with Gasteiger partial charge in [-0.3, -0.25) is 25.2 Å². The minimum Gasteiger partial charge on any atom is -0.480 e. The lowest BCUT2D eigenvalue weighted by atomic mass is 10.1. The minimum atomic E-state index is -1.14. The molecule has 0 aliphatic heterocycles. The molecule has 0 aromatic heterocycles. The van der Waals surface area contributed by atoms with Crippen LogP contribution in [0.1, 0.15) is 46.5 Å². The third-order valence-electron chi connectivity index (χ3n) is 3.12. The molecule has 0 heterocycles. The van der Waals surface area contributed by atoms with E-state index in [1.54, 1.807) is 13.8 Å². The average molecular weight is 392 g/mol. The lowest BCUT2D eigenvalue weighted by Gasteiger charge is -2.31. The largest absolute Gasteiger partial charge is 0.480 e. The molecular weight excluding hydrogens is 366 g/mol. The van der Waals surface area contributed by atoms with Gasteiger partial charge >= 0.3 is 5.97 Å². The Hall–Kier alpha value is -1.41. The standard InChI is InChI=1S/C15H26BrN3O4/c1-5-6-7-8-12(20)17-19(13(10(2)3)15(22)23)18-14(21)11(4)9-16/h10,13H,4-9H2,1-3H3,(H,17,20)(H,18,21)(H,22,23)/t13-/m0/s1. The van der Waals surface area contributed by atoms with Crippen molar-refractivity contribution in [3.63, 3.8) is 0 Å². The molecule has 8 heteroatoms. The van der Waals surface area contributed by atoms with Crippen LogP contribution in [0.2, 0.25) is 0 Å². The van der Waals surface area contributed by atoms with E-state index in [9.17, 15) is 19.5 Å². The molecule has 1 atom stereocenters. The third-order valence-corrected chi connectivity index (χ3v) is 3.80. The molecule has 7 nitrogen and oxygen atoms in total. The Morgan fingerprint density at radius 3 is 2.26 bits per heavy atom. The van der Waals surface area contributed by atoms with Crippen LogP contribution in [0.5, 0.6) is 0 Å². The highest BCUT2D eigenvalue weighted by Gasteiger charge is 2.31. The Kier molecular flexibility index (Phi) is 10.5. The second kappa shape index (κ2) is 11.2. The summed E-state index contributed by atoms with van der Waals surface area (Å²) in [5, 5.41) is 10.6. The minimum absolute atomic E-state index is 0.225. The molecule has 0 fully saturated rings. The highest BCUT2D eigenvalue weighted by Crippen LogP contribution is 2.09. The number of nitrogens with zero attached hydrogens (tertiary/aromatic N) is 1. The summed E-state index contributed by atoms with van der Waals surface area (Å²) in [6, 6.07) is -1.09. The van der Waals surface area contributed by atoms with E-state index >= 15 is 0 Å². The first-order valence-electron chi connectivity index (χ1n) is 7.60. The van der Waals surface area contributed by atoms with Crippen molar-refractivity contribution in [3.05, 3.63) is 12.2 Å². The van der Waals surface area contributed by atoms with Crippen LogP contribution < -0.4 is 10.9 Å². The molecule has 132 valence electrons. The molecule has 0 bridgehead atoms. The van der Waals surface area contributed by atoms with E-state index < -0.39 is 17.9 Å². The maximum atomic E-state index is 12.0. The molecule has 0 aliphatic rings. The van der Waals surface area contributed by atoms with Gasteiger partial charge in [0.1, 0.15) is 6.04 Å². The van der Waals surface area contributed by atoms with Crippen molar-refractivity contribution < 1.29 is 19.5 Å². The number of hydrazine groups is 2. The van der Waals surface area contributed by atoms with Gasteiger partial charge in [0, 0.05) is 17.3 Å². The second-order valence-electron chi connectivity index (χ2n) is 5.57. The predicted octanol–water partition coefficient (Wildman–Crippen LogP) is 1.99. The summed E-state index contributed by atoms with van der Waals surface area (Å²) in [5.41, 5.74) is 5.10. The molecule has 0 radical (unpaired) electrons. The Labute approximate surface area is 145 Å². The maximum absolute atomic E-state index is 12.0. The molecule has 3 N–H and O–H groups in total.